The summed E-state index contributed by atoms with van der Waals surface area (Å²) in [7, 11) is 0. The van der Waals surface area contributed by atoms with Crippen molar-refractivity contribution >= 4 is 27.3 Å². The highest BCUT2D eigenvalue weighted by molar-refractivity contribution is 9.10. The molecule has 0 amide bonds. The highest BCUT2D eigenvalue weighted by atomic mass is 79.9. The first kappa shape index (κ1) is 13.6. The van der Waals surface area contributed by atoms with Crippen LogP contribution in [0.3, 0.4) is 0 Å². The number of benzene rings is 1. The Balaban J connectivity index is 2.21. The van der Waals surface area contributed by atoms with Crippen molar-refractivity contribution in [2.75, 3.05) is 0 Å². The van der Waals surface area contributed by atoms with Crippen LogP contribution in [0.5, 0.6) is 0 Å². The molecular weight excluding hydrogens is 315 g/mol. The molecule has 0 aliphatic rings. The predicted octanol–water partition coefficient (Wildman–Crippen LogP) is 3.90. The number of thiazole rings is 1. The van der Waals surface area contributed by atoms with Crippen molar-refractivity contribution < 1.29 is 4.39 Å². The summed E-state index contributed by atoms with van der Waals surface area (Å²) in [5.74, 6) is -0.283. The Morgan fingerprint density at radius 1 is 1.44 bits per heavy atom. The van der Waals surface area contributed by atoms with Crippen LogP contribution in [-0.4, -0.2) is 4.98 Å². The number of halogens is 2. The largest absolute Gasteiger partial charge is 0.324 e. The molecule has 0 spiro atoms. The predicted molar refractivity (Wildman–Crippen MR) is 76.3 cm³/mol. The quantitative estimate of drug-likeness (QED) is 0.927. The highest BCUT2D eigenvalue weighted by Crippen LogP contribution is 2.28. The molecule has 0 saturated carbocycles. The monoisotopic (exact) mass is 328 g/mol. The molecule has 0 saturated heterocycles. The average Bonchev–Trinajstić information content (AvgIpc) is 2.61. The maximum Gasteiger partial charge on any atom is 0.137 e. The summed E-state index contributed by atoms with van der Waals surface area (Å²) in [6, 6.07) is 4.68. The van der Waals surface area contributed by atoms with E-state index in [1.807, 2.05) is 19.9 Å². The van der Waals surface area contributed by atoms with Crippen LogP contribution in [0.15, 0.2) is 22.7 Å². The highest BCUT2D eigenvalue weighted by Gasteiger charge is 2.15. The Kier molecular flexibility index (Phi) is 4.14. The van der Waals surface area contributed by atoms with Crippen LogP contribution in [-0.2, 0) is 6.42 Å². The van der Waals surface area contributed by atoms with Gasteiger partial charge in [-0.05, 0) is 41.4 Å². The topological polar surface area (TPSA) is 38.9 Å². The van der Waals surface area contributed by atoms with Crippen molar-refractivity contribution in [1.82, 2.24) is 4.98 Å². The zero-order chi connectivity index (χ0) is 13.3. The van der Waals surface area contributed by atoms with E-state index < -0.39 is 0 Å². The van der Waals surface area contributed by atoms with Gasteiger partial charge >= 0.3 is 0 Å². The minimum absolute atomic E-state index is 0.250. The van der Waals surface area contributed by atoms with E-state index in [1.54, 1.807) is 17.4 Å². The van der Waals surface area contributed by atoms with Crippen LogP contribution in [0.2, 0.25) is 0 Å². The minimum Gasteiger partial charge on any atom is -0.324 e. The molecule has 0 fully saturated rings. The number of hydrogen-bond acceptors (Lipinski definition) is 3. The number of aromatic nitrogens is 1. The van der Waals surface area contributed by atoms with E-state index in [2.05, 4.69) is 20.9 Å². The normalized spacial score (nSPS) is 12.7. The van der Waals surface area contributed by atoms with Crippen LogP contribution in [0.4, 0.5) is 4.39 Å². The molecule has 1 heterocycles. The first-order chi connectivity index (χ1) is 8.49. The van der Waals surface area contributed by atoms with Crippen molar-refractivity contribution in [3.63, 3.8) is 0 Å². The van der Waals surface area contributed by atoms with Crippen molar-refractivity contribution in [2.24, 2.45) is 5.73 Å². The van der Waals surface area contributed by atoms with Gasteiger partial charge in [-0.25, -0.2) is 9.37 Å². The van der Waals surface area contributed by atoms with Crippen molar-refractivity contribution in [2.45, 2.75) is 26.3 Å². The second kappa shape index (κ2) is 5.47. The standard InChI is InChI=1S/C13H14BrFN2S/c1-7-8(2)18-12(17-7)6-11(16)9-4-3-5-10(15)13(9)14/h3-5,11H,6,16H2,1-2H3. The van der Waals surface area contributed by atoms with Gasteiger partial charge in [-0.2, -0.15) is 0 Å². The van der Waals surface area contributed by atoms with Gasteiger partial charge in [0.1, 0.15) is 5.82 Å². The number of rotatable bonds is 3. The van der Waals surface area contributed by atoms with Crippen molar-refractivity contribution in [3.8, 4) is 0 Å². The summed E-state index contributed by atoms with van der Waals surface area (Å²) >= 11 is 4.89. The molecule has 2 rings (SSSR count). The van der Waals surface area contributed by atoms with Crippen molar-refractivity contribution in [3.05, 3.63) is 49.6 Å². The number of nitrogens with zero attached hydrogens (tertiary/aromatic N) is 1. The molecule has 0 radical (unpaired) electrons. The van der Waals surface area contributed by atoms with E-state index in [9.17, 15) is 4.39 Å². The summed E-state index contributed by atoms with van der Waals surface area (Å²) in [4.78, 5) is 5.66. The molecule has 2 nitrogen and oxygen atoms in total. The Morgan fingerprint density at radius 3 is 2.78 bits per heavy atom. The fraction of sp³-hybridized carbons (Fsp3) is 0.308. The number of aryl methyl sites for hydroxylation is 2. The third kappa shape index (κ3) is 2.79. The number of hydrogen-bond donors (Lipinski definition) is 1. The van der Waals surface area contributed by atoms with Gasteiger partial charge < -0.3 is 5.73 Å². The lowest BCUT2D eigenvalue weighted by Crippen LogP contribution is -2.14. The second-order valence-corrected chi connectivity index (χ2v) is 6.28. The molecule has 0 aliphatic carbocycles. The van der Waals surface area contributed by atoms with Gasteiger partial charge in [0.15, 0.2) is 0 Å². The summed E-state index contributed by atoms with van der Waals surface area (Å²) in [5.41, 5.74) is 7.95. The van der Waals surface area contributed by atoms with Crippen LogP contribution >= 0.6 is 27.3 Å². The molecular formula is C13H14BrFN2S. The molecule has 2 aromatic rings. The van der Waals surface area contributed by atoms with Gasteiger partial charge in [0, 0.05) is 17.3 Å². The van der Waals surface area contributed by atoms with Crippen molar-refractivity contribution in [1.29, 1.82) is 0 Å². The lowest BCUT2D eigenvalue weighted by atomic mass is 10.1. The van der Waals surface area contributed by atoms with Gasteiger partial charge in [-0.3, -0.25) is 0 Å². The fourth-order valence-corrected chi connectivity index (χ4v) is 3.28. The lowest BCUT2D eigenvalue weighted by molar-refractivity contribution is 0.610. The molecule has 18 heavy (non-hydrogen) atoms. The third-order valence-electron chi connectivity index (χ3n) is 2.85. The first-order valence-electron chi connectivity index (χ1n) is 5.61. The van der Waals surface area contributed by atoms with E-state index in [0.29, 0.717) is 10.9 Å². The third-order valence-corrected chi connectivity index (χ3v) is 4.78. The van der Waals surface area contributed by atoms with E-state index >= 15 is 0 Å². The average molecular weight is 329 g/mol. The Bertz CT molecular complexity index is 549. The van der Waals surface area contributed by atoms with E-state index in [4.69, 9.17) is 5.73 Å². The maximum absolute atomic E-state index is 13.4. The molecule has 1 aromatic heterocycles. The lowest BCUT2D eigenvalue weighted by Gasteiger charge is -2.12. The zero-order valence-electron chi connectivity index (χ0n) is 10.2. The van der Waals surface area contributed by atoms with Gasteiger partial charge in [-0.1, -0.05) is 12.1 Å². The first-order valence-corrected chi connectivity index (χ1v) is 7.22. The van der Waals surface area contributed by atoms with Gasteiger partial charge in [0.05, 0.1) is 15.2 Å². The van der Waals surface area contributed by atoms with Gasteiger partial charge in [0.2, 0.25) is 0 Å². The maximum atomic E-state index is 13.4. The molecule has 5 heteroatoms. The molecule has 96 valence electrons. The van der Waals surface area contributed by atoms with E-state index in [1.165, 1.54) is 10.9 Å². The van der Waals surface area contributed by atoms with Gasteiger partial charge in [0.25, 0.3) is 0 Å². The summed E-state index contributed by atoms with van der Waals surface area (Å²) in [6.07, 6.45) is 0.626. The van der Waals surface area contributed by atoms with Crippen LogP contribution in [0, 0.1) is 19.7 Å². The second-order valence-electron chi connectivity index (χ2n) is 4.20. The molecule has 1 atom stereocenters. The van der Waals surface area contributed by atoms with E-state index in [0.717, 1.165) is 16.3 Å². The Morgan fingerprint density at radius 2 is 2.17 bits per heavy atom. The van der Waals surface area contributed by atoms with Crippen LogP contribution < -0.4 is 5.73 Å². The molecule has 0 bridgehead atoms. The molecule has 1 aromatic carbocycles. The Labute approximate surface area is 118 Å². The summed E-state index contributed by atoms with van der Waals surface area (Å²) in [6.45, 7) is 4.03. The Hall–Kier alpha value is -0.780. The van der Waals surface area contributed by atoms with Gasteiger partial charge in [-0.15, -0.1) is 11.3 Å². The minimum atomic E-state index is -0.283. The molecule has 1 unspecified atom stereocenters. The summed E-state index contributed by atoms with van der Waals surface area (Å²) in [5, 5.41) is 0.994. The smallest absolute Gasteiger partial charge is 0.137 e. The molecule has 2 N–H and O–H groups in total. The number of nitrogens with two attached hydrogens (primary N) is 1. The fourth-order valence-electron chi connectivity index (χ4n) is 1.73. The van der Waals surface area contributed by atoms with E-state index in [-0.39, 0.29) is 11.9 Å². The van der Waals surface area contributed by atoms with Crippen LogP contribution in [0.1, 0.15) is 27.2 Å². The zero-order valence-corrected chi connectivity index (χ0v) is 12.6. The summed E-state index contributed by atoms with van der Waals surface area (Å²) < 4.78 is 13.9. The SMILES string of the molecule is Cc1nc(CC(N)c2cccc(F)c2Br)sc1C. The molecule has 0 aliphatic heterocycles. The van der Waals surface area contributed by atoms with Crippen LogP contribution in [0.25, 0.3) is 0 Å².